The molecule has 18 heavy (non-hydrogen) atoms. The zero-order valence-corrected chi connectivity index (χ0v) is 12.3. The van der Waals surface area contributed by atoms with E-state index < -0.39 is 0 Å². The largest absolute Gasteiger partial charge is 0.381 e. The van der Waals surface area contributed by atoms with E-state index in [0.29, 0.717) is 6.10 Å². The lowest BCUT2D eigenvalue weighted by molar-refractivity contribution is 0.0553. The summed E-state index contributed by atoms with van der Waals surface area (Å²) in [6, 6.07) is 1.51. The van der Waals surface area contributed by atoms with Crippen molar-refractivity contribution in [3.05, 3.63) is 0 Å². The van der Waals surface area contributed by atoms with Crippen LogP contribution in [0.25, 0.3) is 0 Å². The van der Waals surface area contributed by atoms with Gasteiger partial charge in [0, 0.05) is 19.2 Å². The minimum Gasteiger partial charge on any atom is -0.381 e. The lowest BCUT2D eigenvalue weighted by Gasteiger charge is -2.35. The summed E-state index contributed by atoms with van der Waals surface area (Å²) in [7, 11) is 1.86. The Balaban J connectivity index is 1.67. The Morgan fingerprint density at radius 2 is 1.78 bits per heavy atom. The summed E-state index contributed by atoms with van der Waals surface area (Å²) in [5.74, 6) is 1.02. The van der Waals surface area contributed by atoms with E-state index in [4.69, 9.17) is 4.74 Å². The summed E-state index contributed by atoms with van der Waals surface area (Å²) in [4.78, 5) is 0. The first-order valence-corrected chi connectivity index (χ1v) is 8.10. The van der Waals surface area contributed by atoms with Gasteiger partial charge in [0.15, 0.2) is 0 Å². The van der Waals surface area contributed by atoms with Crippen molar-refractivity contribution in [2.45, 2.75) is 89.3 Å². The van der Waals surface area contributed by atoms with Crippen LogP contribution in [0, 0.1) is 5.92 Å². The average molecular weight is 253 g/mol. The number of hydrogen-bond acceptors (Lipinski definition) is 2. The summed E-state index contributed by atoms with van der Waals surface area (Å²) < 4.78 is 5.52. The molecule has 0 amide bonds. The highest BCUT2D eigenvalue weighted by molar-refractivity contribution is 4.84. The zero-order chi connectivity index (χ0) is 12.8. The molecule has 0 aromatic rings. The number of nitrogens with one attached hydrogen (secondary N) is 1. The molecule has 0 bridgehead atoms. The van der Waals surface area contributed by atoms with Crippen LogP contribution in [-0.4, -0.2) is 25.3 Å². The maximum absolute atomic E-state index is 5.52. The molecule has 0 aromatic carbocycles. The molecule has 0 aliphatic heterocycles. The first kappa shape index (κ1) is 14.3. The molecule has 1 N–H and O–H groups in total. The molecule has 2 saturated carbocycles. The van der Waals surface area contributed by atoms with Gasteiger partial charge in [-0.2, -0.15) is 0 Å². The van der Waals surface area contributed by atoms with Crippen molar-refractivity contribution in [1.29, 1.82) is 0 Å². The first-order valence-electron chi connectivity index (χ1n) is 8.10. The summed E-state index contributed by atoms with van der Waals surface area (Å²) in [6.07, 6.45) is 14.2. The minimum absolute atomic E-state index is 0.507. The van der Waals surface area contributed by atoms with Gasteiger partial charge in [0.25, 0.3) is 0 Å². The second-order valence-electron chi connectivity index (χ2n) is 6.39. The highest BCUT2D eigenvalue weighted by Gasteiger charge is 2.26. The molecule has 2 nitrogen and oxygen atoms in total. The Hall–Kier alpha value is -0.0800. The summed E-state index contributed by atoms with van der Waals surface area (Å²) in [5.41, 5.74) is 0. The number of rotatable bonds is 5. The van der Waals surface area contributed by atoms with E-state index in [2.05, 4.69) is 12.2 Å². The molecule has 0 aromatic heterocycles. The molecule has 0 heterocycles. The molecule has 2 rings (SSSR count). The van der Waals surface area contributed by atoms with Crippen molar-refractivity contribution in [1.82, 2.24) is 5.32 Å². The van der Waals surface area contributed by atoms with E-state index in [9.17, 15) is 0 Å². The number of hydrogen-bond donors (Lipinski definition) is 1. The molecule has 0 saturated heterocycles. The Labute approximate surface area is 113 Å². The summed E-state index contributed by atoms with van der Waals surface area (Å²) in [5, 5.41) is 3.90. The number of ether oxygens (including phenoxy) is 1. The van der Waals surface area contributed by atoms with Gasteiger partial charge in [0.1, 0.15) is 0 Å². The van der Waals surface area contributed by atoms with Gasteiger partial charge in [0.05, 0.1) is 6.10 Å². The average Bonchev–Trinajstić information content (AvgIpc) is 2.42. The van der Waals surface area contributed by atoms with Gasteiger partial charge in [-0.1, -0.05) is 19.8 Å². The SMILES string of the molecule is CCCC1CCC(NC2CCCC(OC)C2)CC1. The van der Waals surface area contributed by atoms with Crippen molar-refractivity contribution < 1.29 is 4.74 Å². The molecule has 0 spiro atoms. The fourth-order valence-electron chi connectivity index (χ4n) is 3.87. The van der Waals surface area contributed by atoms with Crippen LogP contribution in [0.4, 0.5) is 0 Å². The van der Waals surface area contributed by atoms with E-state index in [-0.39, 0.29) is 0 Å². The second-order valence-corrected chi connectivity index (χ2v) is 6.39. The van der Waals surface area contributed by atoms with Gasteiger partial charge in [0.2, 0.25) is 0 Å². The van der Waals surface area contributed by atoms with Crippen LogP contribution in [0.3, 0.4) is 0 Å². The molecule has 2 heteroatoms. The Bertz CT molecular complexity index is 223. The van der Waals surface area contributed by atoms with Gasteiger partial charge < -0.3 is 10.1 Å². The second kappa shape index (κ2) is 7.49. The summed E-state index contributed by atoms with van der Waals surface area (Å²) in [6.45, 7) is 2.32. The van der Waals surface area contributed by atoms with Crippen molar-refractivity contribution in [3.63, 3.8) is 0 Å². The molecular formula is C16H31NO. The molecule has 106 valence electrons. The van der Waals surface area contributed by atoms with Crippen LogP contribution in [0.1, 0.15) is 71.1 Å². The Morgan fingerprint density at radius 3 is 2.44 bits per heavy atom. The zero-order valence-electron chi connectivity index (χ0n) is 12.3. The lowest BCUT2D eigenvalue weighted by Crippen LogP contribution is -2.44. The molecule has 2 atom stereocenters. The van der Waals surface area contributed by atoms with Gasteiger partial charge in [-0.05, 0) is 57.3 Å². The van der Waals surface area contributed by atoms with Crippen molar-refractivity contribution in [2.75, 3.05) is 7.11 Å². The topological polar surface area (TPSA) is 21.3 Å². The third-order valence-electron chi connectivity index (χ3n) is 4.97. The van der Waals surface area contributed by atoms with E-state index in [0.717, 1.165) is 18.0 Å². The quantitative estimate of drug-likeness (QED) is 0.802. The standard InChI is InChI=1S/C16H31NO/c1-3-5-13-8-10-14(11-9-13)17-15-6-4-7-16(12-15)18-2/h13-17H,3-12H2,1-2H3. The van der Waals surface area contributed by atoms with E-state index in [1.54, 1.807) is 0 Å². The molecule has 2 aliphatic carbocycles. The predicted octanol–water partition coefficient (Wildman–Crippen LogP) is 3.89. The number of methoxy groups -OCH3 is 1. The van der Waals surface area contributed by atoms with E-state index >= 15 is 0 Å². The fourth-order valence-corrected chi connectivity index (χ4v) is 3.87. The molecule has 2 fully saturated rings. The van der Waals surface area contributed by atoms with Gasteiger partial charge in [-0.25, -0.2) is 0 Å². The van der Waals surface area contributed by atoms with Crippen molar-refractivity contribution in [3.8, 4) is 0 Å². The Morgan fingerprint density at radius 1 is 1.00 bits per heavy atom. The van der Waals surface area contributed by atoms with Gasteiger partial charge in [-0.3, -0.25) is 0 Å². The van der Waals surface area contributed by atoms with Gasteiger partial charge in [-0.15, -0.1) is 0 Å². The molecule has 0 radical (unpaired) electrons. The van der Waals surface area contributed by atoms with Crippen LogP contribution in [0.2, 0.25) is 0 Å². The van der Waals surface area contributed by atoms with E-state index in [1.807, 2.05) is 7.11 Å². The van der Waals surface area contributed by atoms with E-state index in [1.165, 1.54) is 64.2 Å². The van der Waals surface area contributed by atoms with Crippen LogP contribution < -0.4 is 5.32 Å². The third-order valence-corrected chi connectivity index (χ3v) is 4.97. The van der Waals surface area contributed by atoms with Crippen LogP contribution in [0.5, 0.6) is 0 Å². The molecule has 2 aliphatic rings. The highest BCUT2D eigenvalue weighted by atomic mass is 16.5. The lowest BCUT2D eigenvalue weighted by atomic mass is 9.82. The van der Waals surface area contributed by atoms with Crippen molar-refractivity contribution >= 4 is 0 Å². The van der Waals surface area contributed by atoms with Crippen LogP contribution >= 0.6 is 0 Å². The third kappa shape index (κ3) is 4.24. The van der Waals surface area contributed by atoms with Crippen LogP contribution in [-0.2, 0) is 4.74 Å². The van der Waals surface area contributed by atoms with Gasteiger partial charge >= 0.3 is 0 Å². The predicted molar refractivity (Wildman–Crippen MR) is 76.8 cm³/mol. The first-order chi connectivity index (χ1) is 8.81. The minimum atomic E-state index is 0.507. The normalized spacial score (nSPS) is 37.7. The maximum atomic E-state index is 5.52. The highest BCUT2D eigenvalue weighted by Crippen LogP contribution is 2.29. The molecule has 2 unspecified atom stereocenters. The molecular weight excluding hydrogens is 222 g/mol. The smallest absolute Gasteiger partial charge is 0.0586 e. The summed E-state index contributed by atoms with van der Waals surface area (Å²) >= 11 is 0. The maximum Gasteiger partial charge on any atom is 0.0586 e. The van der Waals surface area contributed by atoms with Crippen LogP contribution in [0.15, 0.2) is 0 Å². The Kier molecular flexibility index (Phi) is 5.97. The fraction of sp³-hybridized carbons (Fsp3) is 1.00. The monoisotopic (exact) mass is 253 g/mol. The van der Waals surface area contributed by atoms with Crippen molar-refractivity contribution in [2.24, 2.45) is 5.92 Å².